The van der Waals surface area contributed by atoms with E-state index in [0.29, 0.717) is 12.8 Å². The van der Waals surface area contributed by atoms with Crippen molar-refractivity contribution in [1.29, 1.82) is 0 Å². The Morgan fingerprint density at radius 3 is 1.00 bits per heavy atom. The molecule has 0 aliphatic rings. The molecule has 0 saturated heterocycles. The molecular formula is C54H93KO7S. The van der Waals surface area contributed by atoms with Gasteiger partial charge in [-0.3, -0.25) is 0 Å². The monoisotopic (exact) mass is 925 g/mol. The van der Waals surface area contributed by atoms with Gasteiger partial charge in [0.05, 0.1) is 29.2 Å². The molecule has 0 radical (unpaired) electrons. The fraction of sp³-hybridized carbons (Fsp3) is 0.778. The normalized spacial score (nSPS) is 11.7. The van der Waals surface area contributed by atoms with Crippen LogP contribution in [-0.4, -0.2) is 38.1 Å². The third-order valence-corrected chi connectivity index (χ3v) is 12.8. The smallest absolute Gasteiger partial charge is 0.744 e. The maximum Gasteiger partial charge on any atom is 1.00 e. The first kappa shape index (κ1) is 62.2. The van der Waals surface area contributed by atoms with Crippen LogP contribution in [0.3, 0.4) is 0 Å². The minimum atomic E-state index is -4.82. The zero-order valence-electron chi connectivity index (χ0n) is 41.1. The molecule has 0 atom stereocenters. The third kappa shape index (κ3) is 38.9. The zero-order chi connectivity index (χ0) is 45.0. The van der Waals surface area contributed by atoms with Gasteiger partial charge in [-0.05, 0) is 82.4 Å². The van der Waals surface area contributed by atoms with Crippen LogP contribution in [0.25, 0.3) is 0 Å². The number of carbonyl (C=O) groups is 2. The summed E-state index contributed by atoms with van der Waals surface area (Å²) in [6.45, 7) is 4.90. The number of benzene rings is 1. The first-order valence-electron chi connectivity index (χ1n) is 26.0. The van der Waals surface area contributed by atoms with Gasteiger partial charge in [-0.15, -0.1) is 0 Å². The number of rotatable bonds is 45. The van der Waals surface area contributed by atoms with E-state index in [1.54, 1.807) is 0 Å². The van der Waals surface area contributed by atoms with E-state index in [1.807, 2.05) is 0 Å². The number of carbonyl (C=O) groups excluding carboxylic acids is 2. The molecule has 63 heavy (non-hydrogen) atoms. The van der Waals surface area contributed by atoms with E-state index in [-0.39, 0.29) is 75.7 Å². The van der Waals surface area contributed by atoms with E-state index in [0.717, 1.165) is 50.7 Å². The molecule has 0 aromatic heterocycles. The second-order valence-electron chi connectivity index (χ2n) is 17.8. The Balaban J connectivity index is 0.0000384. The van der Waals surface area contributed by atoms with Gasteiger partial charge < -0.3 is 14.0 Å². The second-order valence-corrected chi connectivity index (χ2v) is 19.2. The molecule has 0 amide bonds. The van der Waals surface area contributed by atoms with Crippen molar-refractivity contribution in [1.82, 2.24) is 0 Å². The van der Waals surface area contributed by atoms with Crippen LogP contribution < -0.4 is 51.4 Å². The summed E-state index contributed by atoms with van der Waals surface area (Å²) in [7, 11) is -4.82. The SMILES string of the molecule is CCCCCCCCC/C=C/CCCCCCCCCCCCOC(=O)c1ccc(S(=O)(=O)[O-])cc1C(=O)OCCCCCCCCCCCC/C=C/CCCCCCCCC.[K+]. The van der Waals surface area contributed by atoms with Crippen LogP contribution in [0, 0.1) is 0 Å². The van der Waals surface area contributed by atoms with Gasteiger partial charge in [0.25, 0.3) is 0 Å². The topological polar surface area (TPSA) is 110 Å². The molecule has 1 aromatic carbocycles. The van der Waals surface area contributed by atoms with Gasteiger partial charge in [-0.1, -0.05) is 218 Å². The van der Waals surface area contributed by atoms with Crippen molar-refractivity contribution >= 4 is 22.1 Å². The van der Waals surface area contributed by atoms with Crippen molar-refractivity contribution in [3.05, 3.63) is 53.6 Å². The number of hydrogen-bond acceptors (Lipinski definition) is 7. The van der Waals surface area contributed by atoms with Crippen LogP contribution in [-0.2, 0) is 19.6 Å². The minimum Gasteiger partial charge on any atom is -0.744 e. The number of unbranched alkanes of at least 4 members (excludes halogenated alkanes) is 34. The van der Waals surface area contributed by atoms with Gasteiger partial charge in [0.2, 0.25) is 0 Å². The summed E-state index contributed by atoms with van der Waals surface area (Å²) in [5.41, 5.74) is -0.334. The summed E-state index contributed by atoms with van der Waals surface area (Å²) in [4.78, 5) is 25.4. The Labute approximate surface area is 431 Å². The maximum atomic E-state index is 13.0. The first-order valence-corrected chi connectivity index (χ1v) is 27.5. The molecule has 0 unspecified atom stereocenters. The molecule has 0 saturated carbocycles. The predicted octanol–water partition coefficient (Wildman–Crippen LogP) is 13.9. The summed E-state index contributed by atoms with van der Waals surface area (Å²) in [6.07, 6.45) is 56.5. The average Bonchev–Trinajstić information content (AvgIpc) is 3.26. The molecule has 358 valence electrons. The Morgan fingerprint density at radius 1 is 0.429 bits per heavy atom. The molecule has 9 heteroatoms. The van der Waals surface area contributed by atoms with E-state index in [9.17, 15) is 22.6 Å². The average molecular weight is 925 g/mol. The van der Waals surface area contributed by atoms with Crippen molar-refractivity contribution in [2.45, 2.75) is 263 Å². The Morgan fingerprint density at radius 2 is 0.698 bits per heavy atom. The third-order valence-electron chi connectivity index (χ3n) is 12.0. The Bertz CT molecular complexity index is 1380. The van der Waals surface area contributed by atoms with Crippen LogP contribution in [0.15, 0.2) is 47.4 Å². The molecule has 0 fully saturated rings. The number of allylic oxidation sites excluding steroid dienone is 4. The van der Waals surface area contributed by atoms with Crippen molar-refractivity contribution in [3.63, 3.8) is 0 Å². The van der Waals surface area contributed by atoms with Crippen LogP contribution >= 0.6 is 0 Å². The zero-order valence-corrected chi connectivity index (χ0v) is 45.0. The molecular weight excluding hydrogens is 832 g/mol. The van der Waals surface area contributed by atoms with Gasteiger partial charge in [0.1, 0.15) is 10.1 Å². The van der Waals surface area contributed by atoms with E-state index < -0.39 is 27.0 Å². The van der Waals surface area contributed by atoms with Gasteiger partial charge in [-0.2, -0.15) is 0 Å². The minimum absolute atomic E-state index is 0. The quantitative estimate of drug-likeness (QED) is 0.0211. The Hall–Kier alpha value is -0.814. The van der Waals surface area contributed by atoms with E-state index in [4.69, 9.17) is 9.47 Å². The van der Waals surface area contributed by atoms with Crippen LogP contribution in [0.4, 0.5) is 0 Å². The van der Waals surface area contributed by atoms with Crippen LogP contribution in [0.5, 0.6) is 0 Å². The molecule has 0 N–H and O–H groups in total. The molecule has 1 aromatic rings. The number of hydrogen-bond donors (Lipinski definition) is 0. The van der Waals surface area contributed by atoms with Crippen molar-refractivity contribution in [2.24, 2.45) is 0 Å². The molecule has 0 bridgehead atoms. The fourth-order valence-electron chi connectivity index (χ4n) is 7.98. The second kappa shape index (κ2) is 46.3. The molecule has 1 rings (SSSR count). The van der Waals surface area contributed by atoms with Crippen LogP contribution in [0.2, 0.25) is 0 Å². The van der Waals surface area contributed by atoms with Gasteiger partial charge >= 0.3 is 63.3 Å². The van der Waals surface area contributed by atoms with Crippen LogP contribution in [0.1, 0.15) is 279 Å². The van der Waals surface area contributed by atoms with E-state index in [2.05, 4.69) is 38.2 Å². The fourth-order valence-corrected chi connectivity index (χ4v) is 8.47. The largest absolute Gasteiger partial charge is 1.00 e. The number of esters is 2. The summed E-state index contributed by atoms with van der Waals surface area (Å²) < 4.78 is 46.0. The summed E-state index contributed by atoms with van der Waals surface area (Å²) in [5.74, 6) is -1.54. The summed E-state index contributed by atoms with van der Waals surface area (Å²) in [5, 5.41) is 0. The maximum absolute atomic E-state index is 13.0. The predicted molar refractivity (Wildman–Crippen MR) is 260 cm³/mol. The molecule has 0 spiro atoms. The number of ether oxygens (including phenoxy) is 2. The Kier molecular flexibility index (Phi) is 45.7. The van der Waals surface area contributed by atoms with E-state index >= 15 is 0 Å². The van der Waals surface area contributed by atoms with Gasteiger partial charge in [0, 0.05) is 0 Å². The molecule has 0 heterocycles. The van der Waals surface area contributed by atoms with E-state index in [1.165, 1.54) is 199 Å². The molecule has 7 nitrogen and oxygen atoms in total. The standard InChI is InChI=1S/C54H94O7S.K/c1-3-5-7-9-11-13-15-17-19-21-23-25-27-29-31-33-35-37-39-41-43-47-60-53(55)51-46-45-50(62(57,58)59)49-52(51)54(56)61-48-44-42-40-38-36-34-32-30-28-26-24-22-20-18-16-14-12-10-8-6-4-2;/h19-22,45-46,49H,3-18,23-44,47-48H2,1-2H3,(H,57,58,59);/q;+1/p-1/b21-19+,22-20+;. The van der Waals surface area contributed by atoms with Gasteiger partial charge in [-0.25, -0.2) is 18.0 Å². The van der Waals surface area contributed by atoms with Crippen molar-refractivity contribution in [3.8, 4) is 0 Å². The summed E-state index contributed by atoms with van der Waals surface area (Å²) in [6, 6.07) is 3.15. The first-order chi connectivity index (χ1) is 30.3. The van der Waals surface area contributed by atoms with Crippen molar-refractivity contribution < 1.29 is 83.4 Å². The summed E-state index contributed by atoms with van der Waals surface area (Å²) >= 11 is 0. The molecule has 0 aliphatic heterocycles. The van der Waals surface area contributed by atoms with Crippen molar-refractivity contribution in [2.75, 3.05) is 13.2 Å². The van der Waals surface area contributed by atoms with Gasteiger partial charge in [0.15, 0.2) is 0 Å². The molecule has 0 aliphatic carbocycles.